The standard InChI is InChI=1S/C7H14O2/c1-5(2)7(3,4)6(8)9/h5H,1-4H3,(H,8,9)/p-1. The van der Waals surface area contributed by atoms with Gasteiger partial charge < -0.3 is 9.90 Å². The molecule has 0 aromatic carbocycles. The van der Waals surface area contributed by atoms with Crippen molar-refractivity contribution in [3.63, 3.8) is 0 Å². The highest BCUT2D eigenvalue weighted by Gasteiger charge is 2.23. The van der Waals surface area contributed by atoms with E-state index in [2.05, 4.69) is 0 Å². The summed E-state index contributed by atoms with van der Waals surface area (Å²) in [6.07, 6.45) is 0. The van der Waals surface area contributed by atoms with E-state index in [0.29, 0.717) is 0 Å². The zero-order valence-electron chi connectivity index (χ0n) is 6.39. The molecule has 0 aliphatic heterocycles. The monoisotopic (exact) mass is 129 g/mol. The molecule has 9 heavy (non-hydrogen) atoms. The fraction of sp³-hybridized carbons (Fsp3) is 0.857. The van der Waals surface area contributed by atoms with E-state index in [1.807, 2.05) is 13.8 Å². The Bertz CT molecular complexity index is 114. The summed E-state index contributed by atoms with van der Waals surface area (Å²) in [6.45, 7) is 7.09. The van der Waals surface area contributed by atoms with Crippen molar-refractivity contribution in [2.45, 2.75) is 27.7 Å². The average Bonchev–Trinajstić information content (AvgIpc) is 1.65. The molecule has 0 aromatic rings. The molecule has 0 aromatic heterocycles. The van der Waals surface area contributed by atoms with Gasteiger partial charge in [-0.3, -0.25) is 0 Å². The Morgan fingerprint density at radius 3 is 1.78 bits per heavy atom. The van der Waals surface area contributed by atoms with Gasteiger partial charge in [0.25, 0.3) is 0 Å². The molecule has 0 N–H and O–H groups in total. The van der Waals surface area contributed by atoms with Gasteiger partial charge in [0.15, 0.2) is 0 Å². The van der Waals surface area contributed by atoms with E-state index in [0.717, 1.165) is 0 Å². The van der Waals surface area contributed by atoms with Crippen LogP contribution in [0.5, 0.6) is 0 Å². The van der Waals surface area contributed by atoms with Crippen LogP contribution in [0.2, 0.25) is 0 Å². The lowest BCUT2D eigenvalue weighted by Gasteiger charge is -2.29. The predicted octanol–water partition coefficient (Wildman–Crippen LogP) is 0.418. The summed E-state index contributed by atoms with van der Waals surface area (Å²) in [4.78, 5) is 10.4. The molecule has 0 amide bonds. The summed E-state index contributed by atoms with van der Waals surface area (Å²) >= 11 is 0. The fourth-order valence-electron chi connectivity index (χ4n) is 0.236. The van der Waals surface area contributed by atoms with Gasteiger partial charge in [-0.15, -0.1) is 0 Å². The molecule has 0 atom stereocenters. The van der Waals surface area contributed by atoms with Crippen LogP contribution in [-0.4, -0.2) is 5.97 Å². The minimum atomic E-state index is -0.975. The minimum absolute atomic E-state index is 0.127. The molecule has 0 radical (unpaired) electrons. The second kappa shape index (κ2) is 2.38. The first-order chi connectivity index (χ1) is 3.89. The van der Waals surface area contributed by atoms with Crippen molar-refractivity contribution >= 4 is 5.97 Å². The average molecular weight is 129 g/mol. The van der Waals surface area contributed by atoms with Crippen molar-refractivity contribution in [3.8, 4) is 0 Å². The molecule has 0 saturated carbocycles. The zero-order valence-corrected chi connectivity index (χ0v) is 6.39. The van der Waals surface area contributed by atoms with Crippen molar-refractivity contribution in [1.29, 1.82) is 0 Å². The highest BCUT2D eigenvalue weighted by molar-refractivity contribution is 5.71. The highest BCUT2D eigenvalue weighted by atomic mass is 16.4. The van der Waals surface area contributed by atoms with Gasteiger partial charge in [0.2, 0.25) is 0 Å². The second-order valence-electron chi connectivity index (χ2n) is 3.16. The molecule has 0 fully saturated rings. The summed E-state index contributed by atoms with van der Waals surface area (Å²) in [6, 6.07) is 0. The Labute approximate surface area is 55.9 Å². The maximum Gasteiger partial charge on any atom is 0.0473 e. The molecule has 0 unspecified atom stereocenters. The van der Waals surface area contributed by atoms with Gasteiger partial charge >= 0.3 is 0 Å². The van der Waals surface area contributed by atoms with Crippen LogP contribution >= 0.6 is 0 Å². The van der Waals surface area contributed by atoms with Gasteiger partial charge in [-0.1, -0.05) is 27.7 Å². The van der Waals surface area contributed by atoms with Crippen LogP contribution in [-0.2, 0) is 4.79 Å². The largest absolute Gasteiger partial charge is 0.550 e. The van der Waals surface area contributed by atoms with Crippen LogP contribution in [0.4, 0.5) is 0 Å². The number of carbonyl (C=O) groups excluding carboxylic acids is 1. The minimum Gasteiger partial charge on any atom is -0.550 e. The molecule has 0 bridgehead atoms. The molecule has 54 valence electrons. The molecule has 0 rings (SSSR count). The van der Waals surface area contributed by atoms with E-state index in [1.165, 1.54) is 0 Å². The van der Waals surface area contributed by atoms with Crippen LogP contribution in [0.1, 0.15) is 27.7 Å². The van der Waals surface area contributed by atoms with Crippen molar-refractivity contribution in [1.82, 2.24) is 0 Å². The first kappa shape index (κ1) is 8.47. The van der Waals surface area contributed by atoms with E-state index < -0.39 is 11.4 Å². The van der Waals surface area contributed by atoms with Gasteiger partial charge in [0.05, 0.1) is 0 Å². The first-order valence-electron chi connectivity index (χ1n) is 3.10. The summed E-state index contributed by atoms with van der Waals surface area (Å²) < 4.78 is 0. The number of hydrogen-bond donors (Lipinski definition) is 0. The van der Waals surface area contributed by atoms with Crippen LogP contribution in [0.25, 0.3) is 0 Å². The van der Waals surface area contributed by atoms with Crippen molar-refractivity contribution in [2.75, 3.05) is 0 Å². The first-order valence-corrected chi connectivity index (χ1v) is 3.10. The third-order valence-electron chi connectivity index (χ3n) is 1.97. The van der Waals surface area contributed by atoms with Gasteiger partial charge in [-0.2, -0.15) is 0 Å². The van der Waals surface area contributed by atoms with Crippen LogP contribution < -0.4 is 5.11 Å². The molecular weight excluding hydrogens is 116 g/mol. The number of carbonyl (C=O) groups is 1. The third-order valence-corrected chi connectivity index (χ3v) is 1.97. The maximum atomic E-state index is 10.4. The number of carboxylic acids is 1. The van der Waals surface area contributed by atoms with Gasteiger partial charge in [-0.05, 0) is 5.92 Å². The topological polar surface area (TPSA) is 40.1 Å². The van der Waals surface area contributed by atoms with Crippen LogP contribution in [0.3, 0.4) is 0 Å². The smallest absolute Gasteiger partial charge is 0.0473 e. The normalized spacial score (nSPS) is 12.1. The lowest BCUT2D eigenvalue weighted by Crippen LogP contribution is -2.41. The summed E-state index contributed by atoms with van der Waals surface area (Å²) in [5, 5.41) is 10.4. The Kier molecular flexibility index (Phi) is 2.24. The molecule has 2 heteroatoms. The number of carboxylic acid groups (broad SMARTS) is 1. The zero-order chi connectivity index (χ0) is 7.65. The second-order valence-corrected chi connectivity index (χ2v) is 3.16. The molecule has 0 spiro atoms. The Hall–Kier alpha value is -0.530. The Balaban J connectivity index is 4.19. The SMILES string of the molecule is CC(C)C(C)(C)C(=O)[O-]. The Morgan fingerprint density at radius 1 is 1.44 bits per heavy atom. The van der Waals surface area contributed by atoms with Crippen molar-refractivity contribution in [3.05, 3.63) is 0 Å². The summed E-state index contributed by atoms with van der Waals surface area (Å²) in [7, 11) is 0. The van der Waals surface area contributed by atoms with E-state index in [9.17, 15) is 9.90 Å². The predicted molar refractivity (Wildman–Crippen MR) is 33.6 cm³/mol. The maximum absolute atomic E-state index is 10.4. The molecule has 0 saturated heterocycles. The quantitative estimate of drug-likeness (QED) is 0.542. The van der Waals surface area contributed by atoms with Crippen LogP contribution in [0, 0.1) is 11.3 Å². The lowest BCUT2D eigenvalue weighted by atomic mass is 9.81. The third kappa shape index (κ3) is 1.70. The van der Waals surface area contributed by atoms with Gasteiger partial charge in [-0.25, -0.2) is 0 Å². The van der Waals surface area contributed by atoms with Gasteiger partial charge in [0.1, 0.15) is 0 Å². The molecular formula is C7H13O2-. The van der Waals surface area contributed by atoms with Crippen molar-refractivity contribution < 1.29 is 9.90 Å². The highest BCUT2D eigenvalue weighted by Crippen LogP contribution is 2.24. The van der Waals surface area contributed by atoms with E-state index in [-0.39, 0.29) is 5.92 Å². The van der Waals surface area contributed by atoms with E-state index in [1.54, 1.807) is 13.8 Å². The molecule has 2 nitrogen and oxygen atoms in total. The van der Waals surface area contributed by atoms with Crippen LogP contribution in [0.15, 0.2) is 0 Å². The fourth-order valence-corrected chi connectivity index (χ4v) is 0.236. The molecule has 0 aliphatic carbocycles. The van der Waals surface area contributed by atoms with Crippen molar-refractivity contribution in [2.24, 2.45) is 11.3 Å². The van der Waals surface area contributed by atoms with Gasteiger partial charge in [0, 0.05) is 11.4 Å². The van der Waals surface area contributed by atoms with E-state index >= 15 is 0 Å². The summed E-state index contributed by atoms with van der Waals surface area (Å²) in [5.41, 5.74) is -0.694. The summed E-state index contributed by atoms with van der Waals surface area (Å²) in [5.74, 6) is -0.847. The lowest BCUT2D eigenvalue weighted by molar-refractivity contribution is -0.319. The number of aliphatic carboxylic acids is 1. The molecule has 0 aliphatic rings. The van der Waals surface area contributed by atoms with E-state index in [4.69, 9.17) is 0 Å². The molecule has 0 heterocycles. The Morgan fingerprint density at radius 2 is 1.78 bits per heavy atom. The number of hydrogen-bond acceptors (Lipinski definition) is 2. The number of rotatable bonds is 2.